The van der Waals surface area contributed by atoms with E-state index in [2.05, 4.69) is 0 Å². The van der Waals surface area contributed by atoms with Crippen molar-refractivity contribution >= 4 is 5.78 Å². The van der Waals surface area contributed by atoms with Crippen LogP contribution in [0.3, 0.4) is 0 Å². The minimum Gasteiger partial charge on any atom is -0.493 e. The van der Waals surface area contributed by atoms with Gasteiger partial charge in [0.15, 0.2) is 11.5 Å². The SMILES string of the molecule is COc1ccc(C(=O)C(F)(F)F)cc1OC(C)C. The van der Waals surface area contributed by atoms with Crippen LogP contribution in [0.4, 0.5) is 13.2 Å². The lowest BCUT2D eigenvalue weighted by Crippen LogP contribution is -2.22. The molecule has 6 heteroatoms. The van der Waals surface area contributed by atoms with Gasteiger partial charge in [0.2, 0.25) is 0 Å². The summed E-state index contributed by atoms with van der Waals surface area (Å²) in [5.74, 6) is -1.51. The topological polar surface area (TPSA) is 35.5 Å². The van der Waals surface area contributed by atoms with Gasteiger partial charge in [-0.15, -0.1) is 0 Å². The Hall–Kier alpha value is -1.72. The summed E-state index contributed by atoms with van der Waals surface area (Å²) in [6.45, 7) is 3.44. The fraction of sp³-hybridized carbons (Fsp3) is 0.417. The highest BCUT2D eigenvalue weighted by Gasteiger charge is 2.39. The molecule has 1 aromatic carbocycles. The van der Waals surface area contributed by atoms with Crippen molar-refractivity contribution in [1.29, 1.82) is 0 Å². The van der Waals surface area contributed by atoms with Crippen molar-refractivity contribution < 1.29 is 27.4 Å². The van der Waals surface area contributed by atoms with E-state index in [-0.39, 0.29) is 17.6 Å². The molecule has 0 aliphatic carbocycles. The fourth-order valence-electron chi connectivity index (χ4n) is 1.33. The first-order valence-corrected chi connectivity index (χ1v) is 5.22. The zero-order chi connectivity index (χ0) is 13.9. The lowest BCUT2D eigenvalue weighted by Gasteiger charge is -2.14. The Kier molecular flexibility index (Phi) is 4.21. The van der Waals surface area contributed by atoms with Gasteiger partial charge in [-0.1, -0.05) is 0 Å². The number of hydrogen-bond donors (Lipinski definition) is 0. The normalized spacial score (nSPS) is 11.5. The van der Waals surface area contributed by atoms with Crippen LogP contribution in [0, 0.1) is 0 Å². The van der Waals surface area contributed by atoms with Crippen molar-refractivity contribution in [3.8, 4) is 11.5 Å². The number of rotatable bonds is 4. The standard InChI is InChI=1S/C12H13F3O3/c1-7(2)18-10-6-8(4-5-9(10)17-3)11(16)12(13,14)15/h4-7H,1-3H3. The Morgan fingerprint density at radius 2 is 1.83 bits per heavy atom. The molecule has 3 nitrogen and oxygen atoms in total. The van der Waals surface area contributed by atoms with Crippen LogP contribution in [0.2, 0.25) is 0 Å². The molecule has 0 N–H and O–H groups in total. The molecule has 0 amide bonds. The predicted octanol–water partition coefficient (Wildman–Crippen LogP) is 3.23. The smallest absolute Gasteiger partial charge is 0.454 e. The molecule has 0 unspecified atom stereocenters. The number of carbonyl (C=O) groups is 1. The van der Waals surface area contributed by atoms with Crippen molar-refractivity contribution in [2.24, 2.45) is 0 Å². The van der Waals surface area contributed by atoms with E-state index in [0.29, 0.717) is 0 Å². The van der Waals surface area contributed by atoms with Crippen molar-refractivity contribution in [2.75, 3.05) is 7.11 Å². The summed E-state index contributed by atoms with van der Waals surface area (Å²) in [7, 11) is 1.37. The third-order valence-corrected chi connectivity index (χ3v) is 2.05. The molecule has 0 saturated carbocycles. The van der Waals surface area contributed by atoms with E-state index in [1.807, 2.05) is 0 Å². The van der Waals surface area contributed by atoms with E-state index in [4.69, 9.17) is 9.47 Å². The van der Waals surface area contributed by atoms with Gasteiger partial charge in [0.25, 0.3) is 5.78 Å². The summed E-state index contributed by atoms with van der Waals surface area (Å²) in [6.07, 6.45) is -5.14. The van der Waals surface area contributed by atoms with E-state index < -0.39 is 17.5 Å². The Bertz CT molecular complexity index is 439. The average Bonchev–Trinajstić information content (AvgIpc) is 2.26. The molecule has 0 radical (unpaired) electrons. The van der Waals surface area contributed by atoms with Crippen molar-refractivity contribution in [2.45, 2.75) is 26.1 Å². The molecule has 0 spiro atoms. The number of methoxy groups -OCH3 is 1. The maximum atomic E-state index is 12.3. The van der Waals surface area contributed by atoms with Crippen LogP contribution in [-0.2, 0) is 0 Å². The van der Waals surface area contributed by atoms with Crippen LogP contribution in [-0.4, -0.2) is 25.2 Å². The van der Waals surface area contributed by atoms with Crippen LogP contribution >= 0.6 is 0 Å². The van der Waals surface area contributed by atoms with Crippen molar-refractivity contribution in [3.05, 3.63) is 23.8 Å². The second kappa shape index (κ2) is 5.29. The number of ketones is 1. The lowest BCUT2D eigenvalue weighted by atomic mass is 10.1. The zero-order valence-corrected chi connectivity index (χ0v) is 10.2. The third kappa shape index (κ3) is 3.38. The molecular weight excluding hydrogens is 249 g/mol. The van der Waals surface area contributed by atoms with Crippen LogP contribution in [0.1, 0.15) is 24.2 Å². The molecule has 100 valence electrons. The molecule has 0 heterocycles. The minimum absolute atomic E-state index is 0.114. The highest BCUT2D eigenvalue weighted by molar-refractivity contribution is 6.00. The summed E-state index contributed by atoms with van der Waals surface area (Å²) >= 11 is 0. The Morgan fingerprint density at radius 1 is 1.22 bits per heavy atom. The molecule has 1 rings (SSSR count). The van der Waals surface area contributed by atoms with Gasteiger partial charge in [0.1, 0.15) is 0 Å². The summed E-state index contributed by atoms with van der Waals surface area (Å²) in [4.78, 5) is 11.1. The first-order chi connectivity index (χ1) is 8.25. The molecule has 0 bridgehead atoms. The van der Waals surface area contributed by atoms with Gasteiger partial charge in [0, 0.05) is 5.56 Å². The first-order valence-electron chi connectivity index (χ1n) is 5.22. The summed E-state index contributed by atoms with van der Waals surface area (Å²) in [5.41, 5.74) is -0.473. The van der Waals surface area contributed by atoms with Crippen molar-refractivity contribution in [3.63, 3.8) is 0 Å². The van der Waals surface area contributed by atoms with E-state index in [0.717, 1.165) is 12.1 Å². The van der Waals surface area contributed by atoms with Gasteiger partial charge in [-0.05, 0) is 32.0 Å². The van der Waals surface area contributed by atoms with Crippen molar-refractivity contribution in [1.82, 2.24) is 0 Å². The highest BCUT2D eigenvalue weighted by atomic mass is 19.4. The molecule has 0 atom stereocenters. The van der Waals surface area contributed by atoms with E-state index in [1.165, 1.54) is 13.2 Å². The second-order valence-electron chi connectivity index (χ2n) is 3.86. The zero-order valence-electron chi connectivity index (χ0n) is 10.2. The molecule has 0 saturated heterocycles. The third-order valence-electron chi connectivity index (χ3n) is 2.05. The number of hydrogen-bond acceptors (Lipinski definition) is 3. The quantitative estimate of drug-likeness (QED) is 0.781. The maximum Gasteiger partial charge on any atom is 0.454 e. The van der Waals surface area contributed by atoms with E-state index in [9.17, 15) is 18.0 Å². The predicted molar refractivity (Wildman–Crippen MR) is 59.1 cm³/mol. The monoisotopic (exact) mass is 262 g/mol. The van der Waals surface area contributed by atoms with Gasteiger partial charge >= 0.3 is 6.18 Å². The fourth-order valence-corrected chi connectivity index (χ4v) is 1.33. The summed E-state index contributed by atoms with van der Waals surface area (Å²) < 4.78 is 47.1. The first kappa shape index (κ1) is 14.3. The second-order valence-corrected chi connectivity index (χ2v) is 3.86. The molecule has 18 heavy (non-hydrogen) atoms. The summed E-state index contributed by atoms with van der Waals surface area (Å²) in [5, 5.41) is 0. The van der Waals surface area contributed by atoms with Gasteiger partial charge in [0.05, 0.1) is 13.2 Å². The van der Waals surface area contributed by atoms with Gasteiger partial charge in [-0.25, -0.2) is 0 Å². The average molecular weight is 262 g/mol. The molecular formula is C12H13F3O3. The van der Waals surface area contributed by atoms with Crippen LogP contribution in [0.25, 0.3) is 0 Å². The Labute approximate surface area is 103 Å². The number of benzene rings is 1. The Balaban J connectivity index is 3.14. The van der Waals surface area contributed by atoms with Gasteiger partial charge < -0.3 is 9.47 Å². The van der Waals surface area contributed by atoms with E-state index >= 15 is 0 Å². The summed E-state index contributed by atoms with van der Waals surface area (Å²) in [6, 6.07) is 3.37. The number of alkyl halides is 3. The molecule has 0 aliphatic heterocycles. The molecule has 1 aromatic rings. The largest absolute Gasteiger partial charge is 0.493 e. The van der Waals surface area contributed by atoms with Gasteiger partial charge in [-0.3, -0.25) is 4.79 Å². The van der Waals surface area contributed by atoms with Crippen LogP contribution in [0.5, 0.6) is 11.5 Å². The molecule has 0 fully saturated rings. The van der Waals surface area contributed by atoms with Crippen LogP contribution < -0.4 is 9.47 Å². The minimum atomic E-state index is -4.90. The molecule has 0 aromatic heterocycles. The molecule has 0 aliphatic rings. The number of carbonyl (C=O) groups excluding carboxylic acids is 1. The van der Waals surface area contributed by atoms with Gasteiger partial charge in [-0.2, -0.15) is 13.2 Å². The van der Waals surface area contributed by atoms with Crippen LogP contribution in [0.15, 0.2) is 18.2 Å². The number of halogens is 3. The van der Waals surface area contributed by atoms with E-state index in [1.54, 1.807) is 13.8 Å². The number of Topliss-reactive ketones (excluding diaryl/α,β-unsaturated/α-hetero) is 1. The number of ether oxygens (including phenoxy) is 2. The maximum absolute atomic E-state index is 12.3. The lowest BCUT2D eigenvalue weighted by molar-refractivity contribution is -0.0885. The Morgan fingerprint density at radius 3 is 2.28 bits per heavy atom. The highest BCUT2D eigenvalue weighted by Crippen LogP contribution is 2.31.